The molecule has 0 aromatic rings. The Morgan fingerprint density at radius 2 is 2.21 bits per heavy atom. The summed E-state index contributed by atoms with van der Waals surface area (Å²) in [6.45, 7) is 6.43. The van der Waals surface area contributed by atoms with Crippen LogP contribution >= 0.6 is 0 Å². The second kappa shape index (κ2) is 3.56. The minimum atomic E-state index is -3.13. The third kappa shape index (κ3) is 2.29. The van der Waals surface area contributed by atoms with Crippen molar-refractivity contribution in [1.29, 1.82) is 0 Å². The van der Waals surface area contributed by atoms with Crippen LogP contribution in [0, 0.1) is 0 Å². The highest BCUT2D eigenvalue weighted by molar-refractivity contribution is 5.00. The lowest BCUT2D eigenvalue weighted by atomic mass is 10.1. The molecule has 0 unspecified atom stereocenters. The Hall–Kier alpha value is -0.520. The van der Waals surface area contributed by atoms with Crippen LogP contribution in [0.3, 0.4) is 0 Å². The largest absolute Gasteiger partial charge is 0.348 e. The summed E-state index contributed by atoms with van der Waals surface area (Å²) in [6.07, 6.45) is -0.259. The molecular weight excluding hydrogens is 192 g/mol. The molecule has 0 aliphatic carbocycles. The molecule has 0 radical (unpaired) electrons. The highest BCUT2D eigenvalue weighted by atomic mass is 19.3. The molecule has 0 aromatic carbocycles. The molecule has 82 valence electrons. The molecule has 0 bridgehead atoms. The molecule has 1 aliphatic heterocycles. The van der Waals surface area contributed by atoms with Gasteiger partial charge in [-0.2, -0.15) is 0 Å². The maximum atomic E-state index is 13.1. The highest BCUT2D eigenvalue weighted by Crippen LogP contribution is 2.29. The zero-order valence-corrected chi connectivity index (χ0v) is 8.30. The molecule has 1 saturated heterocycles. The van der Waals surface area contributed by atoms with E-state index in [0.717, 1.165) is 0 Å². The van der Waals surface area contributed by atoms with Crippen molar-refractivity contribution in [3.8, 4) is 0 Å². The lowest BCUT2D eigenvalue weighted by Gasteiger charge is -2.25. The van der Waals surface area contributed by atoms with E-state index in [4.69, 9.17) is 15.2 Å². The summed E-state index contributed by atoms with van der Waals surface area (Å²) >= 11 is 0. The maximum absolute atomic E-state index is 13.1. The summed E-state index contributed by atoms with van der Waals surface area (Å²) in [7, 11) is 0. The van der Waals surface area contributed by atoms with Gasteiger partial charge in [0.2, 0.25) is 0 Å². The first-order chi connectivity index (χ1) is 6.28. The van der Waals surface area contributed by atoms with Crippen molar-refractivity contribution in [1.82, 2.24) is 0 Å². The van der Waals surface area contributed by atoms with Crippen LogP contribution < -0.4 is 5.73 Å². The topological polar surface area (TPSA) is 44.5 Å². The van der Waals surface area contributed by atoms with Crippen LogP contribution in [0.5, 0.6) is 0 Å². The first kappa shape index (κ1) is 11.6. The molecule has 1 rings (SSSR count). The summed E-state index contributed by atoms with van der Waals surface area (Å²) in [6, 6.07) is -1.42. The van der Waals surface area contributed by atoms with Gasteiger partial charge < -0.3 is 15.2 Å². The summed E-state index contributed by atoms with van der Waals surface area (Å²) in [5.74, 6) is -3.96. The fraction of sp³-hybridized carbons (Fsp3) is 0.778. The van der Waals surface area contributed by atoms with Gasteiger partial charge in [0, 0.05) is 0 Å². The maximum Gasteiger partial charge on any atom is 0.283 e. The van der Waals surface area contributed by atoms with Crippen molar-refractivity contribution in [2.45, 2.75) is 37.7 Å². The van der Waals surface area contributed by atoms with Crippen LogP contribution in [-0.2, 0) is 9.47 Å². The fourth-order valence-corrected chi connectivity index (χ4v) is 1.28. The highest BCUT2D eigenvalue weighted by Gasteiger charge is 2.45. The van der Waals surface area contributed by atoms with Gasteiger partial charge in [0.05, 0.1) is 6.61 Å². The normalized spacial score (nSPS) is 28.8. The molecule has 3 nitrogen and oxygen atoms in total. The minimum absolute atomic E-state index is 0.0809. The lowest BCUT2D eigenvalue weighted by molar-refractivity contribution is -0.149. The Morgan fingerprint density at radius 3 is 2.57 bits per heavy atom. The van der Waals surface area contributed by atoms with Gasteiger partial charge in [0.25, 0.3) is 5.92 Å². The van der Waals surface area contributed by atoms with E-state index in [2.05, 4.69) is 6.58 Å². The summed E-state index contributed by atoms with van der Waals surface area (Å²) in [5.41, 5.74) is 5.36. The molecule has 1 aliphatic rings. The molecule has 2 N–H and O–H groups in total. The quantitative estimate of drug-likeness (QED) is 0.709. The average molecular weight is 207 g/mol. The SMILES string of the molecule is C=CC(F)(F)[C@@H](N)[C@H]1COC(C)(C)O1. The van der Waals surface area contributed by atoms with Crippen molar-refractivity contribution in [2.24, 2.45) is 5.73 Å². The fourth-order valence-electron chi connectivity index (χ4n) is 1.28. The predicted octanol–water partition coefficient (Wildman–Crippen LogP) is 1.29. The molecule has 0 saturated carbocycles. The van der Waals surface area contributed by atoms with Gasteiger partial charge in [-0.15, -0.1) is 0 Å². The third-order valence-corrected chi connectivity index (χ3v) is 2.15. The number of alkyl halides is 2. The van der Waals surface area contributed by atoms with Crippen LogP contribution in [0.1, 0.15) is 13.8 Å². The average Bonchev–Trinajstić information content (AvgIpc) is 2.44. The molecule has 2 atom stereocenters. The van der Waals surface area contributed by atoms with Crippen LogP contribution in [0.25, 0.3) is 0 Å². The minimum Gasteiger partial charge on any atom is -0.348 e. The number of hydrogen-bond acceptors (Lipinski definition) is 3. The standard InChI is InChI=1S/C9H15F2NO2/c1-4-9(10,11)7(12)6-5-13-8(2,3)14-6/h4,6-7H,1,5,12H2,2-3H3/t6-,7+/m1/s1. The molecular formula is C9H15F2NO2. The van der Waals surface area contributed by atoms with Crippen LogP contribution in [0.2, 0.25) is 0 Å². The lowest BCUT2D eigenvalue weighted by Crippen LogP contribution is -2.49. The molecule has 1 heterocycles. The van der Waals surface area contributed by atoms with Crippen molar-refractivity contribution in [2.75, 3.05) is 6.61 Å². The Morgan fingerprint density at radius 1 is 1.64 bits per heavy atom. The van der Waals surface area contributed by atoms with E-state index in [0.29, 0.717) is 6.08 Å². The number of rotatable bonds is 3. The van der Waals surface area contributed by atoms with E-state index in [1.54, 1.807) is 13.8 Å². The molecule has 0 aromatic heterocycles. The van der Waals surface area contributed by atoms with Crippen molar-refractivity contribution < 1.29 is 18.3 Å². The zero-order valence-electron chi connectivity index (χ0n) is 8.30. The Labute approximate surface area is 81.9 Å². The number of ether oxygens (including phenoxy) is 2. The second-order valence-corrected chi connectivity index (χ2v) is 3.77. The van der Waals surface area contributed by atoms with E-state index < -0.39 is 23.9 Å². The predicted molar refractivity (Wildman–Crippen MR) is 48.0 cm³/mol. The van der Waals surface area contributed by atoms with Gasteiger partial charge in [0.1, 0.15) is 12.1 Å². The summed E-state index contributed by atoms with van der Waals surface area (Å²) in [4.78, 5) is 0. The van der Waals surface area contributed by atoms with Crippen molar-refractivity contribution >= 4 is 0 Å². The van der Waals surface area contributed by atoms with Gasteiger partial charge in [-0.25, -0.2) is 8.78 Å². The van der Waals surface area contributed by atoms with Crippen molar-refractivity contribution in [3.05, 3.63) is 12.7 Å². The zero-order chi connectivity index (χ0) is 11.0. The van der Waals surface area contributed by atoms with E-state index in [-0.39, 0.29) is 6.61 Å². The molecule has 0 amide bonds. The van der Waals surface area contributed by atoms with E-state index in [1.165, 1.54) is 0 Å². The number of halogens is 2. The van der Waals surface area contributed by atoms with Gasteiger partial charge in [-0.1, -0.05) is 6.58 Å². The molecule has 5 heteroatoms. The second-order valence-electron chi connectivity index (χ2n) is 3.77. The Bertz CT molecular complexity index is 231. The summed E-state index contributed by atoms with van der Waals surface area (Å²) in [5, 5.41) is 0. The smallest absolute Gasteiger partial charge is 0.283 e. The number of nitrogens with two attached hydrogens (primary N) is 1. The molecule has 0 spiro atoms. The third-order valence-electron chi connectivity index (χ3n) is 2.15. The molecule has 1 fully saturated rings. The Balaban J connectivity index is 2.64. The van der Waals surface area contributed by atoms with Crippen LogP contribution in [-0.4, -0.2) is 30.5 Å². The van der Waals surface area contributed by atoms with Gasteiger partial charge in [-0.05, 0) is 19.9 Å². The van der Waals surface area contributed by atoms with Gasteiger partial charge in [0.15, 0.2) is 5.79 Å². The van der Waals surface area contributed by atoms with Gasteiger partial charge >= 0.3 is 0 Å². The first-order valence-corrected chi connectivity index (χ1v) is 4.37. The van der Waals surface area contributed by atoms with Crippen molar-refractivity contribution in [3.63, 3.8) is 0 Å². The van der Waals surface area contributed by atoms with E-state index in [1.807, 2.05) is 0 Å². The first-order valence-electron chi connectivity index (χ1n) is 4.37. The molecule has 14 heavy (non-hydrogen) atoms. The van der Waals surface area contributed by atoms with Crippen LogP contribution in [0.15, 0.2) is 12.7 Å². The van der Waals surface area contributed by atoms with E-state index in [9.17, 15) is 8.78 Å². The van der Waals surface area contributed by atoms with Crippen LogP contribution in [0.4, 0.5) is 8.78 Å². The number of hydrogen-bond donors (Lipinski definition) is 1. The summed E-state index contributed by atoms with van der Waals surface area (Å²) < 4.78 is 36.5. The monoisotopic (exact) mass is 207 g/mol. The Kier molecular flexibility index (Phi) is 2.94. The van der Waals surface area contributed by atoms with Gasteiger partial charge in [-0.3, -0.25) is 0 Å². The van der Waals surface area contributed by atoms with E-state index >= 15 is 0 Å².